The van der Waals surface area contributed by atoms with Crippen LogP contribution in [-0.2, 0) is 10.0 Å². The van der Waals surface area contributed by atoms with Gasteiger partial charge in [0.1, 0.15) is 0 Å². The lowest BCUT2D eigenvalue weighted by molar-refractivity contribution is -0.387. The van der Waals surface area contributed by atoms with Gasteiger partial charge in [0.15, 0.2) is 10.7 Å². The van der Waals surface area contributed by atoms with Crippen molar-refractivity contribution < 1.29 is 17.9 Å². The first kappa shape index (κ1) is 14.7. The molecule has 0 aliphatic heterocycles. The van der Waals surface area contributed by atoms with Gasteiger partial charge in [0.25, 0.3) is 15.7 Å². The van der Waals surface area contributed by atoms with Crippen LogP contribution in [0, 0.1) is 17.0 Å². The SMILES string of the molecule is CNc1ccc([N+](=O)[O-])c(S(=O)(=O)Nc2nc(C)no2)c1. The molecule has 0 atom stereocenters. The highest BCUT2D eigenvalue weighted by Crippen LogP contribution is 2.28. The molecule has 0 aliphatic carbocycles. The maximum absolute atomic E-state index is 12.2. The van der Waals surface area contributed by atoms with Gasteiger partial charge in [-0.3, -0.25) is 10.1 Å². The van der Waals surface area contributed by atoms with Crippen LogP contribution in [0.15, 0.2) is 27.6 Å². The van der Waals surface area contributed by atoms with Gasteiger partial charge in [0.05, 0.1) is 4.92 Å². The van der Waals surface area contributed by atoms with E-state index in [1.165, 1.54) is 13.0 Å². The molecular formula is C10H11N5O5S. The summed E-state index contributed by atoms with van der Waals surface area (Å²) in [7, 11) is -2.67. The second-order valence-electron chi connectivity index (χ2n) is 3.94. The van der Waals surface area contributed by atoms with Gasteiger partial charge >= 0.3 is 6.01 Å². The molecule has 2 aromatic rings. The molecule has 0 spiro atoms. The Kier molecular flexibility index (Phi) is 3.76. The van der Waals surface area contributed by atoms with E-state index in [4.69, 9.17) is 0 Å². The highest BCUT2D eigenvalue weighted by Gasteiger charge is 2.27. The number of nitro benzene ring substituents is 1. The van der Waals surface area contributed by atoms with Gasteiger partial charge in [-0.2, -0.15) is 4.98 Å². The molecule has 0 fully saturated rings. The number of benzene rings is 1. The van der Waals surface area contributed by atoms with Crippen LogP contribution >= 0.6 is 0 Å². The summed E-state index contributed by atoms with van der Waals surface area (Å²) in [6.07, 6.45) is 0. The van der Waals surface area contributed by atoms with Crippen molar-refractivity contribution in [1.82, 2.24) is 10.1 Å². The minimum atomic E-state index is -4.24. The van der Waals surface area contributed by atoms with Gasteiger partial charge < -0.3 is 9.84 Å². The molecule has 0 saturated carbocycles. The van der Waals surface area contributed by atoms with Crippen molar-refractivity contribution in [2.75, 3.05) is 17.1 Å². The van der Waals surface area contributed by atoms with E-state index in [1.54, 1.807) is 7.05 Å². The van der Waals surface area contributed by atoms with Gasteiger partial charge in [-0.05, 0) is 19.1 Å². The molecule has 0 saturated heterocycles. The number of rotatable bonds is 5. The third-order valence-electron chi connectivity index (χ3n) is 2.48. The van der Waals surface area contributed by atoms with Crippen molar-refractivity contribution in [1.29, 1.82) is 0 Å². The van der Waals surface area contributed by atoms with E-state index in [9.17, 15) is 18.5 Å². The van der Waals surface area contributed by atoms with Crippen LogP contribution in [0.25, 0.3) is 0 Å². The second-order valence-corrected chi connectivity index (χ2v) is 5.59. The number of aryl methyl sites for hydroxylation is 1. The molecular weight excluding hydrogens is 302 g/mol. The van der Waals surface area contributed by atoms with Crippen molar-refractivity contribution in [3.63, 3.8) is 0 Å². The van der Waals surface area contributed by atoms with Crippen LogP contribution in [0.4, 0.5) is 17.4 Å². The molecule has 0 bridgehead atoms. The smallest absolute Gasteiger partial charge is 0.335 e. The molecule has 0 radical (unpaired) electrons. The van der Waals surface area contributed by atoms with E-state index in [2.05, 4.69) is 20.0 Å². The summed E-state index contributed by atoms with van der Waals surface area (Å²) in [4.78, 5) is 13.4. The topological polar surface area (TPSA) is 140 Å². The summed E-state index contributed by atoms with van der Waals surface area (Å²) in [5.74, 6) is 0.228. The predicted molar refractivity (Wildman–Crippen MR) is 72.5 cm³/mol. The Morgan fingerprint density at radius 1 is 1.38 bits per heavy atom. The lowest BCUT2D eigenvalue weighted by Crippen LogP contribution is -2.15. The summed E-state index contributed by atoms with van der Waals surface area (Å²) < 4.78 is 31.1. The van der Waals surface area contributed by atoms with E-state index >= 15 is 0 Å². The fourth-order valence-corrected chi connectivity index (χ4v) is 2.67. The number of sulfonamides is 1. The van der Waals surface area contributed by atoms with Crippen molar-refractivity contribution >= 4 is 27.4 Å². The number of nitrogens with one attached hydrogen (secondary N) is 2. The second kappa shape index (κ2) is 5.36. The first-order valence-corrected chi connectivity index (χ1v) is 7.11. The highest BCUT2D eigenvalue weighted by atomic mass is 32.2. The molecule has 2 rings (SSSR count). The molecule has 0 unspecified atom stereocenters. The van der Waals surface area contributed by atoms with Gasteiger partial charge in [0, 0.05) is 18.8 Å². The maximum atomic E-state index is 12.2. The quantitative estimate of drug-likeness (QED) is 0.618. The largest absolute Gasteiger partial charge is 0.388 e. The Hall–Kier alpha value is -2.69. The van der Waals surface area contributed by atoms with Crippen molar-refractivity contribution in [3.05, 3.63) is 34.1 Å². The molecule has 0 amide bonds. The lowest BCUT2D eigenvalue weighted by atomic mass is 10.3. The molecule has 112 valence electrons. The average Bonchev–Trinajstić information content (AvgIpc) is 2.82. The van der Waals surface area contributed by atoms with Crippen LogP contribution in [0.2, 0.25) is 0 Å². The number of nitrogens with zero attached hydrogens (tertiary/aromatic N) is 3. The molecule has 11 heteroatoms. The molecule has 2 N–H and O–H groups in total. The summed E-state index contributed by atoms with van der Waals surface area (Å²) in [6, 6.07) is 3.27. The van der Waals surface area contributed by atoms with E-state index in [-0.39, 0.29) is 11.8 Å². The minimum Gasteiger partial charge on any atom is -0.388 e. The van der Waals surface area contributed by atoms with Crippen molar-refractivity contribution in [3.8, 4) is 0 Å². The third-order valence-corrected chi connectivity index (χ3v) is 3.83. The number of hydrogen-bond donors (Lipinski definition) is 2. The zero-order valence-electron chi connectivity index (χ0n) is 11.0. The average molecular weight is 313 g/mol. The zero-order valence-corrected chi connectivity index (χ0v) is 11.8. The van der Waals surface area contributed by atoms with E-state index in [1.807, 2.05) is 4.72 Å². The molecule has 10 nitrogen and oxygen atoms in total. The van der Waals surface area contributed by atoms with Crippen molar-refractivity contribution in [2.45, 2.75) is 11.8 Å². The standard InChI is InChI=1S/C10H11N5O5S/c1-6-12-10(20-13-6)14-21(18,19)9-5-7(11-2)3-4-8(9)15(16)17/h3-5,11H,1-2H3,(H,12,13,14). The first-order chi connectivity index (χ1) is 9.83. The van der Waals surface area contributed by atoms with Gasteiger partial charge in [-0.25, -0.2) is 13.1 Å². The monoisotopic (exact) mass is 313 g/mol. The van der Waals surface area contributed by atoms with Crippen LogP contribution in [-0.4, -0.2) is 30.5 Å². The number of nitro groups is 1. The van der Waals surface area contributed by atoms with Crippen LogP contribution in [0.1, 0.15) is 5.82 Å². The van der Waals surface area contributed by atoms with Crippen LogP contribution in [0.3, 0.4) is 0 Å². The predicted octanol–water partition coefficient (Wildman–Crippen LogP) is 1.13. The number of anilines is 2. The van der Waals surface area contributed by atoms with E-state index in [0.717, 1.165) is 12.1 Å². The summed E-state index contributed by atoms with van der Waals surface area (Å²) in [5, 5.41) is 17.1. The van der Waals surface area contributed by atoms with E-state index in [0.29, 0.717) is 5.69 Å². The van der Waals surface area contributed by atoms with Gasteiger partial charge in [0.2, 0.25) is 0 Å². The van der Waals surface area contributed by atoms with Gasteiger partial charge in [-0.1, -0.05) is 5.16 Å². The number of hydrogen-bond acceptors (Lipinski definition) is 8. The Bertz CT molecular complexity index is 785. The fourth-order valence-electron chi connectivity index (χ4n) is 1.54. The molecule has 1 aromatic heterocycles. The minimum absolute atomic E-state index is 0.228. The Morgan fingerprint density at radius 3 is 2.62 bits per heavy atom. The summed E-state index contributed by atoms with van der Waals surface area (Å²) in [5.41, 5.74) is -0.152. The van der Waals surface area contributed by atoms with Crippen LogP contribution < -0.4 is 10.0 Å². The lowest BCUT2D eigenvalue weighted by Gasteiger charge is -2.07. The third kappa shape index (κ3) is 3.08. The van der Waals surface area contributed by atoms with Crippen LogP contribution in [0.5, 0.6) is 0 Å². The van der Waals surface area contributed by atoms with Crippen molar-refractivity contribution in [2.24, 2.45) is 0 Å². The van der Waals surface area contributed by atoms with E-state index < -0.39 is 25.5 Å². The molecule has 1 heterocycles. The zero-order chi connectivity index (χ0) is 15.6. The molecule has 0 aliphatic rings. The molecule has 21 heavy (non-hydrogen) atoms. The fraction of sp³-hybridized carbons (Fsp3) is 0.200. The Labute approximate surface area is 119 Å². The normalized spacial score (nSPS) is 11.1. The van der Waals surface area contributed by atoms with Gasteiger partial charge in [-0.15, -0.1) is 0 Å². The maximum Gasteiger partial charge on any atom is 0.335 e. The number of aromatic nitrogens is 2. The Balaban J connectivity index is 2.49. The highest BCUT2D eigenvalue weighted by molar-refractivity contribution is 7.92. The first-order valence-electron chi connectivity index (χ1n) is 5.63. The summed E-state index contributed by atoms with van der Waals surface area (Å²) >= 11 is 0. The Morgan fingerprint density at radius 2 is 2.10 bits per heavy atom. The summed E-state index contributed by atoms with van der Waals surface area (Å²) in [6.45, 7) is 1.51. The molecule has 1 aromatic carbocycles.